The molecule has 0 atom stereocenters. The summed E-state index contributed by atoms with van der Waals surface area (Å²) in [7, 11) is 2.89. The summed E-state index contributed by atoms with van der Waals surface area (Å²) >= 11 is 6.31. The quantitative estimate of drug-likeness (QED) is 0.521. The van der Waals surface area contributed by atoms with Gasteiger partial charge in [-0.1, -0.05) is 11.6 Å². The first kappa shape index (κ1) is 21.7. The van der Waals surface area contributed by atoms with E-state index < -0.39 is 5.97 Å². The number of carbonyl (C=O) groups excluding carboxylic acids is 2. The van der Waals surface area contributed by atoms with Gasteiger partial charge in [0.25, 0.3) is 5.91 Å². The lowest BCUT2D eigenvalue weighted by Crippen LogP contribution is -2.24. The van der Waals surface area contributed by atoms with Gasteiger partial charge in [0.05, 0.1) is 30.4 Å². The predicted octanol–water partition coefficient (Wildman–Crippen LogP) is 4.45. The molecule has 30 heavy (non-hydrogen) atoms. The van der Waals surface area contributed by atoms with Crippen LogP contribution in [-0.2, 0) is 14.3 Å². The van der Waals surface area contributed by atoms with Gasteiger partial charge in [0.15, 0.2) is 0 Å². The highest BCUT2D eigenvalue weighted by molar-refractivity contribution is 6.32. The van der Waals surface area contributed by atoms with Crippen LogP contribution in [0.25, 0.3) is 11.8 Å². The average molecular weight is 429 g/mol. The smallest absolute Gasteiger partial charge is 0.340 e. The first-order valence-electron chi connectivity index (χ1n) is 9.61. The topological polar surface area (TPSA) is 60.8 Å². The second-order valence-corrected chi connectivity index (χ2v) is 7.45. The SMILES string of the molecule is CCN1C(=O)/C(=C\c2cc(C)n(-c3ccc(OC)c(Cl)c3)c2C)C(C(=O)OC)=C1C. The fourth-order valence-corrected chi connectivity index (χ4v) is 4.14. The molecule has 0 spiro atoms. The van der Waals surface area contributed by atoms with Crippen molar-refractivity contribution in [3.63, 3.8) is 0 Å². The molecule has 1 aliphatic rings. The molecule has 158 valence electrons. The van der Waals surface area contributed by atoms with Crippen LogP contribution >= 0.6 is 11.6 Å². The van der Waals surface area contributed by atoms with Crippen LogP contribution in [0, 0.1) is 13.8 Å². The molecular formula is C23H25ClN2O4. The highest BCUT2D eigenvalue weighted by atomic mass is 35.5. The molecule has 1 aliphatic heterocycles. The van der Waals surface area contributed by atoms with E-state index in [1.807, 2.05) is 49.6 Å². The Morgan fingerprint density at radius 3 is 2.43 bits per heavy atom. The lowest BCUT2D eigenvalue weighted by molar-refractivity contribution is -0.136. The molecule has 0 unspecified atom stereocenters. The van der Waals surface area contributed by atoms with Gasteiger partial charge >= 0.3 is 5.97 Å². The number of allylic oxidation sites excluding steroid dienone is 1. The number of methoxy groups -OCH3 is 2. The van der Waals surface area contributed by atoms with Crippen molar-refractivity contribution >= 4 is 29.6 Å². The molecule has 0 saturated carbocycles. The minimum Gasteiger partial charge on any atom is -0.495 e. The highest BCUT2D eigenvalue weighted by Crippen LogP contribution is 2.34. The molecule has 1 amide bonds. The Kier molecular flexibility index (Phi) is 6.08. The summed E-state index contributed by atoms with van der Waals surface area (Å²) < 4.78 is 12.2. The van der Waals surface area contributed by atoms with E-state index in [9.17, 15) is 9.59 Å². The van der Waals surface area contributed by atoms with Crippen LogP contribution in [0.5, 0.6) is 5.75 Å². The Labute approximate surface area is 181 Å². The van der Waals surface area contributed by atoms with E-state index >= 15 is 0 Å². The van der Waals surface area contributed by atoms with Crippen LogP contribution in [0.4, 0.5) is 0 Å². The number of benzene rings is 1. The Balaban J connectivity index is 2.13. The third kappa shape index (κ3) is 3.52. The van der Waals surface area contributed by atoms with Crippen molar-refractivity contribution in [1.29, 1.82) is 0 Å². The van der Waals surface area contributed by atoms with Crippen LogP contribution in [0.1, 0.15) is 30.8 Å². The Bertz CT molecular complexity index is 1090. The van der Waals surface area contributed by atoms with E-state index in [1.165, 1.54) is 7.11 Å². The molecule has 0 fully saturated rings. The number of halogens is 1. The molecule has 0 radical (unpaired) electrons. The van der Waals surface area contributed by atoms with Gasteiger partial charge < -0.3 is 18.9 Å². The second kappa shape index (κ2) is 8.40. The Hall–Kier alpha value is -2.99. The van der Waals surface area contributed by atoms with Crippen molar-refractivity contribution in [3.05, 3.63) is 63.1 Å². The summed E-state index contributed by atoms with van der Waals surface area (Å²) in [6, 6.07) is 7.55. The second-order valence-electron chi connectivity index (χ2n) is 7.04. The van der Waals surface area contributed by atoms with E-state index in [2.05, 4.69) is 0 Å². The van der Waals surface area contributed by atoms with E-state index in [4.69, 9.17) is 21.1 Å². The van der Waals surface area contributed by atoms with E-state index in [0.717, 1.165) is 22.6 Å². The first-order chi connectivity index (χ1) is 14.2. The average Bonchev–Trinajstić information content (AvgIpc) is 3.13. The van der Waals surface area contributed by atoms with E-state index in [0.29, 0.717) is 34.2 Å². The number of hydrogen-bond donors (Lipinski definition) is 0. The number of likely N-dealkylation sites (N-methyl/N-ethyl adjacent to an activating group) is 1. The lowest BCUT2D eigenvalue weighted by atomic mass is 10.0. The highest BCUT2D eigenvalue weighted by Gasteiger charge is 2.36. The monoisotopic (exact) mass is 428 g/mol. The summed E-state index contributed by atoms with van der Waals surface area (Å²) in [4.78, 5) is 26.9. The van der Waals surface area contributed by atoms with Crippen LogP contribution in [0.3, 0.4) is 0 Å². The Morgan fingerprint density at radius 2 is 1.87 bits per heavy atom. The number of ether oxygens (including phenoxy) is 2. The normalized spacial score (nSPS) is 15.4. The molecule has 1 aromatic carbocycles. The summed E-state index contributed by atoms with van der Waals surface area (Å²) in [6.45, 7) is 8.05. The molecule has 2 aromatic rings. The van der Waals surface area contributed by atoms with Gasteiger partial charge in [0.2, 0.25) is 0 Å². The summed E-state index contributed by atoms with van der Waals surface area (Å²) in [5.74, 6) is -0.115. The summed E-state index contributed by atoms with van der Waals surface area (Å²) in [5.41, 5.74) is 4.87. The first-order valence-corrected chi connectivity index (χ1v) is 9.98. The minimum absolute atomic E-state index is 0.201. The fourth-order valence-electron chi connectivity index (χ4n) is 3.89. The van der Waals surface area contributed by atoms with Crippen molar-refractivity contribution in [2.75, 3.05) is 20.8 Å². The number of aryl methyl sites for hydroxylation is 1. The largest absolute Gasteiger partial charge is 0.495 e. The predicted molar refractivity (Wildman–Crippen MR) is 117 cm³/mol. The minimum atomic E-state index is -0.515. The third-order valence-electron chi connectivity index (χ3n) is 5.38. The van der Waals surface area contributed by atoms with Crippen LogP contribution in [0.2, 0.25) is 5.02 Å². The van der Waals surface area contributed by atoms with Gasteiger partial charge in [0.1, 0.15) is 5.75 Å². The number of hydrogen-bond acceptors (Lipinski definition) is 4. The molecular weight excluding hydrogens is 404 g/mol. The number of nitrogens with zero attached hydrogens (tertiary/aromatic N) is 2. The maximum atomic E-state index is 12.9. The van der Waals surface area contributed by atoms with Gasteiger partial charge in [-0.3, -0.25) is 4.79 Å². The number of carbonyl (C=O) groups is 2. The van der Waals surface area contributed by atoms with E-state index in [1.54, 1.807) is 25.0 Å². The molecule has 2 heterocycles. The molecule has 7 heteroatoms. The van der Waals surface area contributed by atoms with Gasteiger partial charge in [-0.2, -0.15) is 0 Å². The summed E-state index contributed by atoms with van der Waals surface area (Å²) in [6.07, 6.45) is 1.76. The molecule has 6 nitrogen and oxygen atoms in total. The third-order valence-corrected chi connectivity index (χ3v) is 5.68. The van der Waals surface area contributed by atoms with Crippen molar-refractivity contribution in [2.24, 2.45) is 0 Å². The number of aromatic nitrogens is 1. The zero-order chi connectivity index (χ0) is 22.2. The maximum Gasteiger partial charge on any atom is 0.340 e. The number of amides is 1. The van der Waals surface area contributed by atoms with Gasteiger partial charge in [0, 0.05) is 29.3 Å². The molecule has 0 aliphatic carbocycles. The zero-order valence-electron chi connectivity index (χ0n) is 18.0. The van der Waals surface area contributed by atoms with Crippen LogP contribution < -0.4 is 4.74 Å². The zero-order valence-corrected chi connectivity index (χ0v) is 18.8. The van der Waals surface area contributed by atoms with Crippen molar-refractivity contribution in [3.8, 4) is 11.4 Å². The van der Waals surface area contributed by atoms with Gasteiger partial charge in [-0.15, -0.1) is 0 Å². The Morgan fingerprint density at radius 1 is 1.17 bits per heavy atom. The standard InChI is InChI=1S/C23H25ClN2O4/c1-7-25-15(4)21(23(28)30-6)18(22(25)27)11-16-10-13(2)26(14(16)3)17-8-9-20(29-5)19(24)12-17/h8-12H,7H2,1-6H3/b18-11-. The molecule has 3 rings (SSSR count). The number of esters is 1. The van der Waals surface area contributed by atoms with Crippen molar-refractivity contribution in [2.45, 2.75) is 27.7 Å². The molecule has 1 aromatic heterocycles. The van der Waals surface area contributed by atoms with E-state index in [-0.39, 0.29) is 5.91 Å². The molecule has 0 N–H and O–H groups in total. The lowest BCUT2D eigenvalue weighted by Gasteiger charge is -2.14. The van der Waals surface area contributed by atoms with Crippen molar-refractivity contribution < 1.29 is 19.1 Å². The number of rotatable bonds is 5. The van der Waals surface area contributed by atoms with Crippen LogP contribution in [0.15, 0.2) is 41.1 Å². The van der Waals surface area contributed by atoms with Crippen molar-refractivity contribution in [1.82, 2.24) is 9.47 Å². The molecule has 0 saturated heterocycles. The van der Waals surface area contributed by atoms with Gasteiger partial charge in [-0.25, -0.2) is 4.79 Å². The fraction of sp³-hybridized carbons (Fsp3) is 0.304. The van der Waals surface area contributed by atoms with Crippen LogP contribution in [-0.4, -0.2) is 42.1 Å². The van der Waals surface area contributed by atoms with Gasteiger partial charge in [-0.05, 0) is 63.6 Å². The maximum absolute atomic E-state index is 12.9. The summed E-state index contributed by atoms with van der Waals surface area (Å²) in [5, 5.41) is 0.512. The molecule has 0 bridgehead atoms.